The van der Waals surface area contributed by atoms with Crippen molar-refractivity contribution >= 4 is 11.9 Å². The van der Waals surface area contributed by atoms with Gasteiger partial charge in [0.1, 0.15) is 0 Å². The second kappa shape index (κ2) is 11.5. The van der Waals surface area contributed by atoms with Crippen molar-refractivity contribution in [2.75, 3.05) is 13.2 Å². The van der Waals surface area contributed by atoms with Gasteiger partial charge in [0.2, 0.25) is 0 Å². The third kappa shape index (κ3) is 8.67. The van der Waals surface area contributed by atoms with Crippen molar-refractivity contribution in [1.82, 2.24) is 0 Å². The molecule has 4 N–H and O–H groups in total. The van der Waals surface area contributed by atoms with E-state index in [0.717, 1.165) is 51.4 Å². The SMILES string of the molecule is O=C(O)CCCCCCC1(C(=O)O)CCCC1.OCCO. The summed E-state index contributed by atoms with van der Waals surface area (Å²) in [5.74, 6) is -1.39. The van der Waals surface area contributed by atoms with Crippen molar-refractivity contribution < 1.29 is 30.0 Å². The first-order valence-electron chi connectivity index (χ1n) is 7.65. The molecule has 0 aromatic rings. The molecule has 1 aliphatic rings. The highest BCUT2D eigenvalue weighted by atomic mass is 16.4. The Balaban J connectivity index is 0.000000885. The van der Waals surface area contributed by atoms with Crippen LogP contribution in [-0.2, 0) is 9.59 Å². The predicted molar refractivity (Wildman–Crippen MR) is 78.0 cm³/mol. The Labute approximate surface area is 125 Å². The topological polar surface area (TPSA) is 115 Å². The van der Waals surface area contributed by atoms with Gasteiger partial charge in [-0.1, -0.05) is 32.1 Å². The number of aliphatic hydroxyl groups excluding tert-OH is 2. The average molecular weight is 304 g/mol. The van der Waals surface area contributed by atoms with E-state index in [-0.39, 0.29) is 19.6 Å². The fraction of sp³-hybridized carbons (Fsp3) is 0.867. The van der Waals surface area contributed by atoms with Crippen LogP contribution in [0.4, 0.5) is 0 Å². The Morgan fingerprint density at radius 1 is 0.857 bits per heavy atom. The molecule has 1 rings (SSSR count). The molecule has 1 saturated carbocycles. The standard InChI is InChI=1S/C13H22O4.C2H6O2/c14-11(15)7-3-1-2-4-8-13(12(16)17)9-5-6-10-13;3-1-2-4/h1-10H2,(H,14,15)(H,16,17);3-4H,1-2H2. The molecule has 0 aromatic heterocycles. The molecule has 21 heavy (non-hydrogen) atoms. The summed E-state index contributed by atoms with van der Waals surface area (Å²) in [7, 11) is 0. The largest absolute Gasteiger partial charge is 0.481 e. The van der Waals surface area contributed by atoms with Crippen LogP contribution in [0.25, 0.3) is 0 Å². The van der Waals surface area contributed by atoms with E-state index in [9.17, 15) is 14.7 Å². The summed E-state index contributed by atoms with van der Waals surface area (Å²) < 4.78 is 0. The fourth-order valence-corrected chi connectivity index (χ4v) is 2.72. The second-order valence-electron chi connectivity index (χ2n) is 5.55. The van der Waals surface area contributed by atoms with Gasteiger partial charge in [0.05, 0.1) is 18.6 Å². The zero-order valence-electron chi connectivity index (χ0n) is 12.6. The highest BCUT2D eigenvalue weighted by Gasteiger charge is 2.40. The monoisotopic (exact) mass is 304 g/mol. The molecule has 0 unspecified atom stereocenters. The van der Waals surface area contributed by atoms with Crippen LogP contribution in [0.15, 0.2) is 0 Å². The third-order valence-corrected chi connectivity index (χ3v) is 3.91. The highest BCUT2D eigenvalue weighted by Crippen LogP contribution is 2.42. The van der Waals surface area contributed by atoms with Crippen molar-refractivity contribution in [2.24, 2.45) is 5.41 Å². The molecule has 6 heteroatoms. The number of aliphatic carboxylic acids is 2. The van der Waals surface area contributed by atoms with Crippen LogP contribution >= 0.6 is 0 Å². The number of carboxylic acids is 2. The summed E-state index contributed by atoms with van der Waals surface area (Å²) in [6.45, 7) is -0.250. The van der Waals surface area contributed by atoms with Gasteiger partial charge in [-0.05, 0) is 25.7 Å². The number of unbranched alkanes of at least 4 members (excludes halogenated alkanes) is 3. The Hall–Kier alpha value is -1.14. The molecule has 0 aliphatic heterocycles. The molecule has 0 aromatic carbocycles. The quantitative estimate of drug-likeness (QED) is 0.484. The summed E-state index contributed by atoms with van der Waals surface area (Å²) >= 11 is 0. The molecular formula is C15H28O6. The molecule has 0 atom stereocenters. The summed E-state index contributed by atoms with van der Waals surface area (Å²) in [4.78, 5) is 21.6. The van der Waals surface area contributed by atoms with Gasteiger partial charge >= 0.3 is 11.9 Å². The lowest BCUT2D eigenvalue weighted by molar-refractivity contribution is -0.149. The summed E-state index contributed by atoms with van der Waals surface area (Å²) in [6, 6.07) is 0. The van der Waals surface area contributed by atoms with E-state index in [1.165, 1.54) is 0 Å². The zero-order valence-corrected chi connectivity index (χ0v) is 12.6. The molecule has 0 amide bonds. The maximum Gasteiger partial charge on any atom is 0.309 e. The van der Waals surface area contributed by atoms with Crippen LogP contribution in [0, 0.1) is 5.41 Å². The maximum absolute atomic E-state index is 11.3. The van der Waals surface area contributed by atoms with Gasteiger partial charge in [-0.3, -0.25) is 9.59 Å². The fourth-order valence-electron chi connectivity index (χ4n) is 2.72. The number of rotatable bonds is 9. The molecule has 1 fully saturated rings. The number of carboxylic acid groups (broad SMARTS) is 2. The molecule has 0 spiro atoms. The summed E-state index contributed by atoms with van der Waals surface area (Å²) in [5.41, 5.74) is -0.465. The van der Waals surface area contributed by atoms with Crippen molar-refractivity contribution in [2.45, 2.75) is 64.2 Å². The Morgan fingerprint density at radius 2 is 1.38 bits per heavy atom. The molecule has 0 saturated heterocycles. The summed E-state index contributed by atoms with van der Waals surface area (Å²) in [6.07, 6.45) is 8.14. The normalized spacial score (nSPS) is 16.1. The van der Waals surface area contributed by atoms with Gasteiger partial charge in [0, 0.05) is 6.42 Å². The molecule has 0 heterocycles. The number of carbonyl (C=O) groups is 2. The van der Waals surface area contributed by atoms with Crippen molar-refractivity contribution in [1.29, 1.82) is 0 Å². The molecule has 0 bridgehead atoms. The Bertz CT molecular complexity index is 295. The number of hydrogen-bond acceptors (Lipinski definition) is 4. The summed E-state index contributed by atoms with van der Waals surface area (Å²) in [5, 5.41) is 33.0. The Kier molecular flexibility index (Phi) is 10.9. The molecule has 124 valence electrons. The van der Waals surface area contributed by atoms with Gasteiger partial charge in [-0.2, -0.15) is 0 Å². The first-order valence-corrected chi connectivity index (χ1v) is 7.65. The van der Waals surface area contributed by atoms with Crippen LogP contribution in [-0.4, -0.2) is 45.6 Å². The van der Waals surface area contributed by atoms with Gasteiger partial charge in [0.25, 0.3) is 0 Å². The van der Waals surface area contributed by atoms with E-state index in [4.69, 9.17) is 15.3 Å². The smallest absolute Gasteiger partial charge is 0.309 e. The maximum atomic E-state index is 11.3. The minimum Gasteiger partial charge on any atom is -0.481 e. The zero-order chi connectivity index (χ0) is 16.1. The number of hydrogen-bond donors (Lipinski definition) is 4. The second-order valence-corrected chi connectivity index (χ2v) is 5.55. The van der Waals surface area contributed by atoms with E-state index in [2.05, 4.69) is 0 Å². The molecule has 0 radical (unpaired) electrons. The van der Waals surface area contributed by atoms with Gasteiger partial charge in [-0.15, -0.1) is 0 Å². The van der Waals surface area contributed by atoms with Gasteiger partial charge < -0.3 is 20.4 Å². The van der Waals surface area contributed by atoms with Crippen LogP contribution in [0.3, 0.4) is 0 Å². The lowest BCUT2D eigenvalue weighted by atomic mass is 9.81. The predicted octanol–water partition coefficient (Wildman–Crippen LogP) is 2.03. The first-order chi connectivity index (χ1) is 9.98. The van der Waals surface area contributed by atoms with Crippen LogP contribution in [0.1, 0.15) is 64.2 Å². The minimum absolute atomic E-state index is 0.125. The first kappa shape index (κ1) is 19.9. The molecule has 6 nitrogen and oxygen atoms in total. The van der Waals surface area contributed by atoms with Crippen molar-refractivity contribution in [3.05, 3.63) is 0 Å². The van der Waals surface area contributed by atoms with E-state index < -0.39 is 17.4 Å². The van der Waals surface area contributed by atoms with Crippen molar-refractivity contribution in [3.63, 3.8) is 0 Å². The van der Waals surface area contributed by atoms with E-state index in [1.807, 2.05) is 0 Å². The molecular weight excluding hydrogens is 276 g/mol. The van der Waals surface area contributed by atoms with Crippen LogP contribution in [0.2, 0.25) is 0 Å². The lowest BCUT2D eigenvalue weighted by Crippen LogP contribution is -2.27. The van der Waals surface area contributed by atoms with Crippen LogP contribution in [0.5, 0.6) is 0 Å². The van der Waals surface area contributed by atoms with Crippen LogP contribution < -0.4 is 0 Å². The Morgan fingerprint density at radius 3 is 1.81 bits per heavy atom. The molecule has 1 aliphatic carbocycles. The van der Waals surface area contributed by atoms with Gasteiger partial charge in [-0.25, -0.2) is 0 Å². The van der Waals surface area contributed by atoms with Crippen molar-refractivity contribution in [3.8, 4) is 0 Å². The number of aliphatic hydroxyl groups is 2. The average Bonchev–Trinajstić information content (AvgIpc) is 2.93. The van der Waals surface area contributed by atoms with Gasteiger partial charge in [0.15, 0.2) is 0 Å². The van der Waals surface area contributed by atoms with E-state index in [0.29, 0.717) is 6.42 Å². The highest BCUT2D eigenvalue weighted by molar-refractivity contribution is 5.74. The lowest BCUT2D eigenvalue weighted by Gasteiger charge is -2.23. The third-order valence-electron chi connectivity index (χ3n) is 3.91. The van der Waals surface area contributed by atoms with E-state index in [1.54, 1.807) is 0 Å². The minimum atomic E-state index is -0.747. The van der Waals surface area contributed by atoms with E-state index >= 15 is 0 Å².